The maximum absolute atomic E-state index is 12.9. The lowest BCUT2D eigenvalue weighted by atomic mass is 10.2. The van der Waals surface area contributed by atoms with Gasteiger partial charge in [-0.3, -0.25) is 4.79 Å². The zero-order valence-corrected chi connectivity index (χ0v) is 10.0. The van der Waals surface area contributed by atoms with Gasteiger partial charge in [0.05, 0.1) is 11.3 Å². The summed E-state index contributed by atoms with van der Waals surface area (Å²) in [5.41, 5.74) is 0.568. The first-order chi connectivity index (χ1) is 8.43. The number of carbonyl (C=O) groups is 1. The molecule has 0 aliphatic carbocycles. The molecule has 1 aromatic carbocycles. The number of hydrogen-bond donors (Lipinski definition) is 0. The minimum atomic E-state index is -4.74. The van der Waals surface area contributed by atoms with Crippen LogP contribution in [0.25, 0.3) is 0 Å². The maximum atomic E-state index is 12.9. The van der Waals surface area contributed by atoms with Gasteiger partial charge in [-0.15, -0.1) is 3.89 Å². The number of carbonyl (C=O) groups excluding carboxylic acids is 1. The molecule has 0 saturated carbocycles. The van der Waals surface area contributed by atoms with Gasteiger partial charge in [-0.05, 0) is 12.1 Å². The summed E-state index contributed by atoms with van der Waals surface area (Å²) in [6.45, 7) is -0.254. The maximum Gasteiger partial charge on any atom is 0.307 e. The van der Waals surface area contributed by atoms with Crippen LogP contribution in [-0.2, 0) is 15.0 Å². The first-order valence-electron chi connectivity index (χ1n) is 5.16. The van der Waals surface area contributed by atoms with E-state index in [1.165, 1.54) is 12.1 Å². The first kappa shape index (κ1) is 12.5. The molecule has 1 amide bonds. The number of nitriles is 1. The molecule has 1 unspecified atom stereocenters. The van der Waals surface area contributed by atoms with E-state index in [4.69, 9.17) is 5.26 Å². The van der Waals surface area contributed by atoms with E-state index in [9.17, 15) is 17.1 Å². The summed E-state index contributed by atoms with van der Waals surface area (Å²) in [6, 6.07) is 8.21. The third kappa shape index (κ3) is 2.19. The standard InChI is InChI=1S/C11H9FN2O3S/c12-18(16,17)9-5-11(15)14(7-9)10-4-2-1-3-8(10)6-13/h1-4,9H,5,7H2. The molecule has 1 aliphatic heterocycles. The van der Waals surface area contributed by atoms with Crippen LogP contribution >= 0.6 is 0 Å². The number of benzene rings is 1. The fourth-order valence-electron chi connectivity index (χ4n) is 1.90. The molecule has 1 heterocycles. The smallest absolute Gasteiger partial charge is 0.307 e. The zero-order chi connectivity index (χ0) is 13.3. The van der Waals surface area contributed by atoms with Crippen molar-refractivity contribution in [3.63, 3.8) is 0 Å². The summed E-state index contributed by atoms with van der Waals surface area (Å²) >= 11 is 0. The van der Waals surface area contributed by atoms with Gasteiger partial charge >= 0.3 is 10.2 Å². The molecule has 0 radical (unpaired) electrons. The third-order valence-electron chi connectivity index (χ3n) is 2.80. The van der Waals surface area contributed by atoms with Crippen molar-refractivity contribution in [1.29, 1.82) is 5.26 Å². The van der Waals surface area contributed by atoms with Crippen molar-refractivity contribution < 1.29 is 17.1 Å². The fourth-order valence-corrected chi connectivity index (χ4v) is 2.57. The Morgan fingerprint density at radius 1 is 1.39 bits per heavy atom. The Morgan fingerprint density at radius 3 is 2.61 bits per heavy atom. The van der Waals surface area contributed by atoms with Crippen LogP contribution in [0.1, 0.15) is 12.0 Å². The Hall–Kier alpha value is -1.94. The van der Waals surface area contributed by atoms with E-state index in [1.807, 2.05) is 6.07 Å². The number of halogens is 1. The summed E-state index contributed by atoms with van der Waals surface area (Å²) in [5, 5.41) is 7.56. The van der Waals surface area contributed by atoms with E-state index in [2.05, 4.69) is 0 Å². The predicted molar refractivity (Wildman–Crippen MR) is 61.9 cm³/mol. The molecule has 7 heteroatoms. The molecule has 2 rings (SSSR count). The number of rotatable bonds is 2. The Bertz CT molecular complexity index is 636. The van der Waals surface area contributed by atoms with Crippen molar-refractivity contribution in [2.24, 2.45) is 0 Å². The lowest BCUT2D eigenvalue weighted by Gasteiger charge is -2.17. The highest BCUT2D eigenvalue weighted by molar-refractivity contribution is 7.87. The highest BCUT2D eigenvalue weighted by Gasteiger charge is 2.39. The van der Waals surface area contributed by atoms with Crippen LogP contribution in [0.2, 0.25) is 0 Å². The predicted octanol–water partition coefficient (Wildman–Crippen LogP) is 0.963. The minimum Gasteiger partial charge on any atom is -0.310 e. The highest BCUT2D eigenvalue weighted by atomic mass is 32.3. The average molecular weight is 268 g/mol. The molecule has 18 heavy (non-hydrogen) atoms. The SMILES string of the molecule is N#Cc1ccccc1N1CC(S(=O)(=O)F)CC1=O. The molecule has 94 valence electrons. The van der Waals surface area contributed by atoms with E-state index in [-0.39, 0.29) is 12.1 Å². The van der Waals surface area contributed by atoms with Gasteiger partial charge in [0.1, 0.15) is 11.3 Å². The van der Waals surface area contributed by atoms with Gasteiger partial charge in [-0.25, -0.2) is 0 Å². The van der Waals surface area contributed by atoms with E-state index in [1.54, 1.807) is 12.1 Å². The zero-order valence-electron chi connectivity index (χ0n) is 9.21. The molecule has 1 fully saturated rings. The average Bonchev–Trinajstić information content (AvgIpc) is 2.71. The second kappa shape index (κ2) is 4.38. The second-order valence-electron chi connectivity index (χ2n) is 3.93. The van der Waals surface area contributed by atoms with Crippen molar-refractivity contribution in [2.75, 3.05) is 11.4 Å². The number of amides is 1. The summed E-state index contributed by atoms with van der Waals surface area (Å²) in [5.74, 6) is -0.496. The van der Waals surface area contributed by atoms with Gasteiger partial charge in [0.15, 0.2) is 0 Å². The molecule has 0 aromatic heterocycles. The largest absolute Gasteiger partial charge is 0.310 e. The molecule has 0 bridgehead atoms. The first-order valence-corrected chi connectivity index (χ1v) is 6.61. The Balaban J connectivity index is 2.37. The quantitative estimate of drug-likeness (QED) is 0.748. The Labute approximate surface area is 104 Å². The molecule has 1 atom stereocenters. The lowest BCUT2D eigenvalue weighted by molar-refractivity contribution is -0.117. The lowest BCUT2D eigenvalue weighted by Crippen LogP contribution is -2.27. The van der Waals surface area contributed by atoms with Gasteiger partial charge < -0.3 is 4.90 Å². The van der Waals surface area contributed by atoms with Gasteiger partial charge in [0.25, 0.3) is 0 Å². The highest BCUT2D eigenvalue weighted by Crippen LogP contribution is 2.28. The minimum absolute atomic E-state index is 0.253. The molecule has 1 aliphatic rings. The van der Waals surface area contributed by atoms with Crippen LogP contribution in [0.15, 0.2) is 24.3 Å². The molecule has 5 nitrogen and oxygen atoms in total. The normalized spacial score (nSPS) is 19.9. The second-order valence-corrected chi connectivity index (χ2v) is 5.55. The van der Waals surface area contributed by atoms with Crippen molar-refractivity contribution in [3.05, 3.63) is 29.8 Å². The van der Waals surface area contributed by atoms with Crippen LogP contribution < -0.4 is 4.90 Å². The van der Waals surface area contributed by atoms with Crippen molar-refractivity contribution in [1.82, 2.24) is 0 Å². The number of para-hydroxylation sites is 1. The van der Waals surface area contributed by atoms with Gasteiger partial charge in [0.2, 0.25) is 5.91 Å². The summed E-state index contributed by atoms with van der Waals surface area (Å²) in [7, 11) is -4.74. The summed E-state index contributed by atoms with van der Waals surface area (Å²) in [6.07, 6.45) is -0.390. The van der Waals surface area contributed by atoms with E-state index in [0.29, 0.717) is 5.69 Å². The molecule has 0 N–H and O–H groups in total. The van der Waals surface area contributed by atoms with Crippen molar-refractivity contribution in [3.8, 4) is 6.07 Å². The summed E-state index contributed by atoms with van der Waals surface area (Å²) < 4.78 is 34.5. The summed E-state index contributed by atoms with van der Waals surface area (Å²) in [4.78, 5) is 12.8. The van der Waals surface area contributed by atoms with Crippen LogP contribution in [0, 0.1) is 11.3 Å². The van der Waals surface area contributed by atoms with Crippen molar-refractivity contribution >= 4 is 21.8 Å². The van der Waals surface area contributed by atoms with Crippen LogP contribution in [0.4, 0.5) is 9.57 Å². The van der Waals surface area contributed by atoms with Gasteiger partial charge in [-0.1, -0.05) is 12.1 Å². The third-order valence-corrected chi connectivity index (χ3v) is 3.92. The number of anilines is 1. The Morgan fingerprint density at radius 2 is 2.06 bits per heavy atom. The van der Waals surface area contributed by atoms with E-state index >= 15 is 0 Å². The topological polar surface area (TPSA) is 78.2 Å². The number of hydrogen-bond acceptors (Lipinski definition) is 4. The van der Waals surface area contributed by atoms with E-state index in [0.717, 1.165) is 4.90 Å². The van der Waals surface area contributed by atoms with Crippen LogP contribution in [0.5, 0.6) is 0 Å². The van der Waals surface area contributed by atoms with Crippen molar-refractivity contribution in [2.45, 2.75) is 11.7 Å². The van der Waals surface area contributed by atoms with Crippen LogP contribution in [0.3, 0.4) is 0 Å². The Kier molecular flexibility index (Phi) is 3.05. The molecule has 1 aromatic rings. The monoisotopic (exact) mass is 268 g/mol. The van der Waals surface area contributed by atoms with Crippen LogP contribution in [-0.4, -0.2) is 26.1 Å². The number of nitrogens with zero attached hydrogens (tertiary/aromatic N) is 2. The molecular weight excluding hydrogens is 259 g/mol. The molecule has 1 saturated heterocycles. The van der Waals surface area contributed by atoms with Gasteiger partial charge in [0, 0.05) is 13.0 Å². The molecular formula is C11H9FN2O3S. The fraction of sp³-hybridized carbons (Fsp3) is 0.273. The van der Waals surface area contributed by atoms with Gasteiger partial charge in [-0.2, -0.15) is 13.7 Å². The molecule has 0 spiro atoms. The van der Waals surface area contributed by atoms with E-state index < -0.39 is 27.8 Å².